The van der Waals surface area contributed by atoms with Crippen molar-refractivity contribution in [2.24, 2.45) is 5.73 Å². The third-order valence-electron chi connectivity index (χ3n) is 5.96. The third kappa shape index (κ3) is 6.38. The quantitative estimate of drug-likeness (QED) is 0.411. The smallest absolute Gasteiger partial charge is 0.307 e. The monoisotopic (exact) mass is 479 g/mol. The molecule has 1 heterocycles. The molecule has 0 spiro atoms. The maximum atomic E-state index is 15.3. The first-order valence-electron chi connectivity index (χ1n) is 11.8. The van der Waals surface area contributed by atoms with Gasteiger partial charge in [-0.25, -0.2) is 4.39 Å². The molecular formula is C28H30FNO5. The van der Waals surface area contributed by atoms with Gasteiger partial charge in [0.2, 0.25) is 0 Å². The molecule has 0 radical (unpaired) electrons. The fraction of sp³-hybridized carbons (Fsp3) is 0.321. The Bertz CT molecular complexity index is 1170. The van der Waals surface area contributed by atoms with E-state index in [9.17, 15) is 9.90 Å². The summed E-state index contributed by atoms with van der Waals surface area (Å²) in [4.78, 5) is 11.2. The van der Waals surface area contributed by atoms with Crippen molar-refractivity contribution in [3.63, 3.8) is 0 Å². The largest absolute Gasteiger partial charge is 0.491 e. The highest BCUT2D eigenvalue weighted by Crippen LogP contribution is 2.32. The average Bonchev–Trinajstić information content (AvgIpc) is 3.35. The molecule has 3 aromatic rings. The number of hydrogen-bond donors (Lipinski definition) is 2. The van der Waals surface area contributed by atoms with Gasteiger partial charge >= 0.3 is 5.97 Å². The second-order valence-corrected chi connectivity index (χ2v) is 8.78. The Kier molecular flexibility index (Phi) is 8.00. The van der Waals surface area contributed by atoms with E-state index in [2.05, 4.69) is 0 Å². The lowest BCUT2D eigenvalue weighted by atomic mass is 9.97. The molecule has 35 heavy (non-hydrogen) atoms. The van der Waals surface area contributed by atoms with Crippen molar-refractivity contribution in [1.29, 1.82) is 0 Å². The van der Waals surface area contributed by atoms with Crippen LogP contribution in [0.5, 0.6) is 11.5 Å². The molecule has 0 aliphatic carbocycles. The van der Waals surface area contributed by atoms with Gasteiger partial charge in [-0.2, -0.15) is 0 Å². The summed E-state index contributed by atoms with van der Waals surface area (Å²) in [5.74, 6) is -0.219. The van der Waals surface area contributed by atoms with Crippen molar-refractivity contribution in [1.82, 2.24) is 0 Å². The van der Waals surface area contributed by atoms with Crippen LogP contribution in [0.3, 0.4) is 0 Å². The summed E-state index contributed by atoms with van der Waals surface area (Å²) in [5.41, 5.74) is 8.82. The molecule has 4 rings (SSSR count). The van der Waals surface area contributed by atoms with Crippen LogP contribution in [0.4, 0.5) is 4.39 Å². The number of halogens is 1. The zero-order chi connectivity index (χ0) is 24.8. The minimum Gasteiger partial charge on any atom is -0.491 e. The fourth-order valence-electron chi connectivity index (χ4n) is 4.19. The predicted molar refractivity (Wildman–Crippen MR) is 131 cm³/mol. The topological polar surface area (TPSA) is 91.0 Å². The number of aliphatic carboxylic acids is 1. The number of ether oxygens (including phenoxy) is 3. The lowest BCUT2D eigenvalue weighted by Gasteiger charge is -2.17. The lowest BCUT2D eigenvalue weighted by molar-refractivity contribution is -0.136. The molecular weight excluding hydrogens is 449 g/mol. The Morgan fingerprint density at radius 3 is 2.74 bits per heavy atom. The van der Waals surface area contributed by atoms with Crippen LogP contribution in [0.25, 0.3) is 11.1 Å². The molecule has 7 heteroatoms. The number of benzene rings is 3. The maximum absolute atomic E-state index is 15.3. The van der Waals surface area contributed by atoms with E-state index in [4.69, 9.17) is 19.9 Å². The first-order valence-corrected chi connectivity index (χ1v) is 11.8. The Morgan fingerprint density at radius 1 is 1.17 bits per heavy atom. The van der Waals surface area contributed by atoms with Crippen LogP contribution in [0.15, 0.2) is 60.7 Å². The van der Waals surface area contributed by atoms with Gasteiger partial charge in [0.05, 0.1) is 12.5 Å². The first kappa shape index (κ1) is 24.7. The molecule has 0 amide bonds. The fourth-order valence-corrected chi connectivity index (χ4v) is 4.19. The van der Waals surface area contributed by atoms with Gasteiger partial charge in [0.1, 0.15) is 30.5 Å². The summed E-state index contributed by atoms with van der Waals surface area (Å²) in [6, 6.07) is 17.3. The predicted octanol–water partition coefficient (Wildman–Crippen LogP) is 5.28. The van der Waals surface area contributed by atoms with Gasteiger partial charge in [-0.05, 0) is 55.2 Å². The van der Waals surface area contributed by atoms with E-state index in [1.54, 1.807) is 55.5 Å². The number of carbonyl (C=O) groups is 1. The average molecular weight is 480 g/mol. The van der Waals surface area contributed by atoms with E-state index in [1.807, 2.05) is 12.1 Å². The lowest BCUT2D eigenvalue weighted by Crippen LogP contribution is -2.16. The number of carboxylic acid groups (broad SMARTS) is 1. The highest BCUT2D eigenvalue weighted by atomic mass is 19.1. The van der Waals surface area contributed by atoms with E-state index in [0.29, 0.717) is 40.4 Å². The molecule has 2 atom stereocenters. The standard InChI is InChI=1S/C28H30FNO5/c1-18(30)24-8-4-9-25(28(24)29)21-12-19(13-23(14-21)34-17-22-7-5-11-33-22)16-35-26-10-3-2-6-20(26)15-27(31)32/h2-4,6,8-10,12-14,18,22H,5,7,11,15-17,30H2,1H3,(H,31,32)/t18-,22?/m0/s1. The molecule has 1 aliphatic heterocycles. The normalized spacial score (nSPS) is 16.1. The van der Waals surface area contributed by atoms with Crippen LogP contribution in [0.2, 0.25) is 0 Å². The van der Waals surface area contributed by atoms with Crippen LogP contribution < -0.4 is 15.2 Å². The highest BCUT2D eigenvalue weighted by molar-refractivity contribution is 5.71. The van der Waals surface area contributed by atoms with Crippen molar-refractivity contribution < 1.29 is 28.5 Å². The van der Waals surface area contributed by atoms with Crippen LogP contribution >= 0.6 is 0 Å². The summed E-state index contributed by atoms with van der Waals surface area (Å²) < 4.78 is 33.0. The zero-order valence-corrected chi connectivity index (χ0v) is 19.7. The van der Waals surface area contributed by atoms with Crippen molar-refractivity contribution in [2.75, 3.05) is 13.2 Å². The summed E-state index contributed by atoms with van der Waals surface area (Å²) >= 11 is 0. The van der Waals surface area contributed by atoms with Gasteiger partial charge in [-0.3, -0.25) is 4.79 Å². The zero-order valence-electron chi connectivity index (χ0n) is 19.7. The molecule has 0 bridgehead atoms. The Labute approximate surface area is 204 Å². The summed E-state index contributed by atoms with van der Waals surface area (Å²) in [6.45, 7) is 3.05. The van der Waals surface area contributed by atoms with Crippen LogP contribution in [0.1, 0.15) is 42.5 Å². The molecule has 1 fully saturated rings. The SMILES string of the molecule is C[C@H](N)c1cccc(-c2cc(COc3ccccc3CC(=O)O)cc(OCC3CCCO3)c2)c1F. The minimum atomic E-state index is -0.933. The molecule has 0 aromatic heterocycles. The number of nitrogens with two attached hydrogens (primary N) is 1. The number of carboxylic acids is 1. The number of hydrogen-bond acceptors (Lipinski definition) is 5. The van der Waals surface area contributed by atoms with Gasteiger partial charge in [0.25, 0.3) is 0 Å². The van der Waals surface area contributed by atoms with Gasteiger partial charge in [0, 0.05) is 29.3 Å². The summed E-state index contributed by atoms with van der Waals surface area (Å²) in [7, 11) is 0. The van der Waals surface area contributed by atoms with Crippen LogP contribution in [-0.4, -0.2) is 30.4 Å². The molecule has 1 saturated heterocycles. The Hall–Kier alpha value is -3.42. The molecule has 3 N–H and O–H groups in total. The van der Waals surface area contributed by atoms with Crippen molar-refractivity contribution >= 4 is 5.97 Å². The van der Waals surface area contributed by atoms with Crippen molar-refractivity contribution in [3.8, 4) is 22.6 Å². The number of para-hydroxylation sites is 1. The van der Waals surface area contributed by atoms with E-state index in [-0.39, 0.29) is 24.9 Å². The second-order valence-electron chi connectivity index (χ2n) is 8.78. The Morgan fingerprint density at radius 2 is 2.00 bits per heavy atom. The first-order chi connectivity index (χ1) is 16.9. The summed E-state index contributed by atoms with van der Waals surface area (Å²) in [5, 5.41) is 9.19. The van der Waals surface area contributed by atoms with Gasteiger partial charge in [-0.15, -0.1) is 0 Å². The number of rotatable bonds is 10. The molecule has 1 unspecified atom stereocenters. The maximum Gasteiger partial charge on any atom is 0.307 e. The third-order valence-corrected chi connectivity index (χ3v) is 5.96. The van der Waals surface area contributed by atoms with E-state index in [0.717, 1.165) is 25.0 Å². The second kappa shape index (κ2) is 11.3. The van der Waals surface area contributed by atoms with E-state index >= 15 is 4.39 Å². The van der Waals surface area contributed by atoms with Crippen LogP contribution in [0, 0.1) is 5.82 Å². The van der Waals surface area contributed by atoms with Gasteiger partial charge in [-0.1, -0.05) is 36.4 Å². The highest BCUT2D eigenvalue weighted by Gasteiger charge is 2.18. The Balaban J connectivity index is 1.63. The molecule has 6 nitrogen and oxygen atoms in total. The van der Waals surface area contributed by atoms with E-state index < -0.39 is 12.0 Å². The molecule has 0 saturated carbocycles. The molecule has 184 valence electrons. The van der Waals surface area contributed by atoms with Gasteiger partial charge in [0.15, 0.2) is 0 Å². The van der Waals surface area contributed by atoms with Gasteiger partial charge < -0.3 is 25.1 Å². The molecule has 3 aromatic carbocycles. The summed E-state index contributed by atoms with van der Waals surface area (Å²) in [6.07, 6.45) is 1.86. The van der Waals surface area contributed by atoms with E-state index in [1.165, 1.54) is 0 Å². The van der Waals surface area contributed by atoms with Crippen molar-refractivity contribution in [3.05, 3.63) is 83.2 Å². The van der Waals surface area contributed by atoms with Crippen LogP contribution in [-0.2, 0) is 22.6 Å². The minimum absolute atomic E-state index is 0.0411. The van der Waals surface area contributed by atoms with Crippen molar-refractivity contribution in [2.45, 2.75) is 44.9 Å². The molecule has 1 aliphatic rings.